The van der Waals surface area contributed by atoms with Crippen LogP contribution in [0.5, 0.6) is 0 Å². The van der Waals surface area contributed by atoms with Gasteiger partial charge in [-0.05, 0) is 43.5 Å². The van der Waals surface area contributed by atoms with Gasteiger partial charge in [-0.3, -0.25) is 0 Å². The fraction of sp³-hybridized carbons (Fsp3) is 0.562. The lowest BCUT2D eigenvalue weighted by Crippen LogP contribution is -2.43. The molecule has 1 aliphatic heterocycles. The van der Waals surface area contributed by atoms with Crippen molar-refractivity contribution in [1.82, 2.24) is 10.2 Å². The number of carbonyl (C=O) groups excluding carboxylic acids is 1. The Balaban J connectivity index is 1.64. The van der Waals surface area contributed by atoms with E-state index in [1.807, 2.05) is 0 Å². The van der Waals surface area contributed by atoms with Gasteiger partial charge in [-0.1, -0.05) is 24.4 Å². The normalized spacial score (nSPS) is 22.5. The van der Waals surface area contributed by atoms with Crippen LogP contribution in [0.4, 0.5) is 4.79 Å². The number of carbonyl (C=O) groups is 1. The number of rotatable bonds is 3. The zero-order chi connectivity index (χ0) is 16.4. The Morgan fingerprint density at radius 2 is 1.78 bits per heavy atom. The van der Waals surface area contributed by atoms with E-state index in [0.717, 1.165) is 25.7 Å². The summed E-state index contributed by atoms with van der Waals surface area (Å²) in [4.78, 5) is 14.1. The van der Waals surface area contributed by atoms with Crippen molar-refractivity contribution in [3.8, 4) is 0 Å². The summed E-state index contributed by atoms with van der Waals surface area (Å²) in [6.45, 7) is 0.736. The van der Waals surface area contributed by atoms with Crippen LogP contribution in [0, 0.1) is 0 Å². The number of sulfone groups is 1. The molecule has 7 heteroatoms. The molecular formula is C16H21ClN2O3S. The van der Waals surface area contributed by atoms with Gasteiger partial charge >= 0.3 is 6.03 Å². The van der Waals surface area contributed by atoms with Gasteiger partial charge in [0, 0.05) is 24.2 Å². The minimum atomic E-state index is -3.43. The van der Waals surface area contributed by atoms with Gasteiger partial charge in [-0.25, -0.2) is 13.2 Å². The second-order valence-corrected chi connectivity index (χ2v) is 8.95. The Bertz CT molecular complexity index is 669. The molecule has 1 N–H and O–H groups in total. The molecule has 2 fully saturated rings. The Labute approximate surface area is 141 Å². The molecule has 3 rings (SSSR count). The highest BCUT2D eigenvalue weighted by Crippen LogP contribution is 2.25. The van der Waals surface area contributed by atoms with Gasteiger partial charge in [-0.2, -0.15) is 0 Å². The second kappa shape index (κ2) is 6.69. The first kappa shape index (κ1) is 16.6. The van der Waals surface area contributed by atoms with Crippen LogP contribution >= 0.6 is 11.6 Å². The third-order valence-corrected chi connectivity index (χ3v) is 7.14. The van der Waals surface area contributed by atoms with E-state index in [-0.39, 0.29) is 23.5 Å². The molecule has 0 radical (unpaired) electrons. The van der Waals surface area contributed by atoms with Crippen molar-refractivity contribution in [2.45, 2.75) is 48.3 Å². The van der Waals surface area contributed by atoms with E-state index in [9.17, 15) is 13.2 Å². The van der Waals surface area contributed by atoms with Gasteiger partial charge < -0.3 is 10.2 Å². The number of nitrogens with one attached hydrogen (secondary N) is 1. The SMILES string of the molecule is O=C(NC1CCCC1)N1CCC(S(=O)(=O)c2ccc(Cl)cc2)C1. The number of urea groups is 1. The molecule has 0 bridgehead atoms. The number of hydrogen-bond donors (Lipinski definition) is 1. The summed E-state index contributed by atoms with van der Waals surface area (Å²) in [5.74, 6) is 0. The zero-order valence-corrected chi connectivity index (χ0v) is 14.4. The van der Waals surface area contributed by atoms with Gasteiger partial charge in [-0.15, -0.1) is 0 Å². The monoisotopic (exact) mass is 356 g/mol. The van der Waals surface area contributed by atoms with Gasteiger partial charge in [0.05, 0.1) is 10.1 Å². The lowest BCUT2D eigenvalue weighted by atomic mass is 10.2. The van der Waals surface area contributed by atoms with Crippen LogP contribution in [0.1, 0.15) is 32.1 Å². The molecule has 1 aliphatic carbocycles. The minimum Gasteiger partial charge on any atom is -0.335 e. The summed E-state index contributed by atoms with van der Waals surface area (Å²) in [7, 11) is -3.43. The van der Waals surface area contributed by atoms with Crippen LogP contribution in [-0.4, -0.2) is 43.7 Å². The third kappa shape index (κ3) is 3.63. The second-order valence-electron chi connectivity index (χ2n) is 6.29. The van der Waals surface area contributed by atoms with Crippen molar-refractivity contribution >= 4 is 27.5 Å². The molecule has 5 nitrogen and oxygen atoms in total. The summed E-state index contributed by atoms with van der Waals surface area (Å²) in [6.07, 6.45) is 4.82. The van der Waals surface area contributed by atoms with Crippen LogP contribution in [0.15, 0.2) is 29.2 Å². The van der Waals surface area contributed by atoms with Gasteiger partial charge in [0.2, 0.25) is 0 Å². The highest BCUT2D eigenvalue weighted by molar-refractivity contribution is 7.92. The summed E-state index contributed by atoms with van der Waals surface area (Å²) in [5.41, 5.74) is 0. The summed E-state index contributed by atoms with van der Waals surface area (Å²) < 4.78 is 25.3. The first-order valence-electron chi connectivity index (χ1n) is 8.02. The first-order valence-corrected chi connectivity index (χ1v) is 9.94. The van der Waals surface area contributed by atoms with Crippen LogP contribution in [-0.2, 0) is 9.84 Å². The highest BCUT2D eigenvalue weighted by Gasteiger charge is 2.36. The fourth-order valence-corrected chi connectivity index (χ4v) is 5.14. The zero-order valence-electron chi connectivity index (χ0n) is 12.9. The smallest absolute Gasteiger partial charge is 0.317 e. The molecule has 1 saturated heterocycles. The topological polar surface area (TPSA) is 66.5 Å². The average Bonchev–Trinajstić information content (AvgIpc) is 3.19. The number of likely N-dealkylation sites (tertiary alicyclic amines) is 1. The largest absolute Gasteiger partial charge is 0.335 e. The molecule has 23 heavy (non-hydrogen) atoms. The molecule has 1 unspecified atom stereocenters. The average molecular weight is 357 g/mol. The third-order valence-electron chi connectivity index (χ3n) is 4.70. The molecule has 1 heterocycles. The summed E-state index contributed by atoms with van der Waals surface area (Å²) >= 11 is 5.81. The summed E-state index contributed by atoms with van der Waals surface area (Å²) in [5, 5.41) is 2.98. The molecule has 1 aromatic rings. The molecule has 2 amide bonds. The van der Waals surface area contributed by atoms with Crippen LogP contribution < -0.4 is 5.32 Å². The van der Waals surface area contributed by atoms with E-state index in [1.165, 1.54) is 12.1 Å². The molecule has 1 aromatic carbocycles. The number of halogens is 1. The van der Waals surface area contributed by atoms with Gasteiger partial charge in [0.25, 0.3) is 0 Å². The molecule has 2 aliphatic rings. The van der Waals surface area contributed by atoms with Crippen molar-refractivity contribution in [3.05, 3.63) is 29.3 Å². The maximum absolute atomic E-state index is 12.7. The predicted octanol–water partition coefficient (Wildman–Crippen LogP) is 2.84. The Morgan fingerprint density at radius 3 is 2.43 bits per heavy atom. The highest BCUT2D eigenvalue weighted by atomic mass is 35.5. The van der Waals surface area contributed by atoms with E-state index in [1.54, 1.807) is 17.0 Å². The van der Waals surface area contributed by atoms with E-state index in [0.29, 0.717) is 18.0 Å². The number of amides is 2. The molecule has 1 atom stereocenters. The Hall–Kier alpha value is -1.27. The molecular weight excluding hydrogens is 336 g/mol. The molecule has 0 aromatic heterocycles. The van der Waals surface area contributed by atoms with Crippen molar-refractivity contribution in [2.24, 2.45) is 0 Å². The maximum atomic E-state index is 12.7. The number of nitrogens with zero attached hydrogens (tertiary/aromatic N) is 1. The fourth-order valence-electron chi connectivity index (χ4n) is 3.32. The summed E-state index contributed by atoms with van der Waals surface area (Å²) in [6, 6.07) is 6.32. The predicted molar refractivity (Wildman–Crippen MR) is 89.4 cm³/mol. The lowest BCUT2D eigenvalue weighted by molar-refractivity contribution is 0.205. The van der Waals surface area contributed by atoms with Crippen molar-refractivity contribution in [3.63, 3.8) is 0 Å². The molecule has 126 valence electrons. The number of hydrogen-bond acceptors (Lipinski definition) is 3. The van der Waals surface area contributed by atoms with E-state index >= 15 is 0 Å². The van der Waals surface area contributed by atoms with Crippen LogP contribution in [0.3, 0.4) is 0 Å². The van der Waals surface area contributed by atoms with E-state index < -0.39 is 15.1 Å². The van der Waals surface area contributed by atoms with Gasteiger partial charge in [0.15, 0.2) is 9.84 Å². The quantitative estimate of drug-likeness (QED) is 0.905. The minimum absolute atomic E-state index is 0.134. The molecule has 1 saturated carbocycles. The first-order chi connectivity index (χ1) is 11.0. The Morgan fingerprint density at radius 1 is 1.13 bits per heavy atom. The standard InChI is InChI=1S/C16H21ClN2O3S/c17-12-5-7-14(8-6-12)23(21,22)15-9-10-19(11-15)16(20)18-13-3-1-2-4-13/h5-8,13,15H,1-4,9-11H2,(H,18,20). The van der Waals surface area contributed by atoms with Crippen LogP contribution in [0.25, 0.3) is 0 Å². The van der Waals surface area contributed by atoms with E-state index in [2.05, 4.69) is 5.32 Å². The van der Waals surface area contributed by atoms with Crippen LogP contribution in [0.2, 0.25) is 5.02 Å². The van der Waals surface area contributed by atoms with Crippen molar-refractivity contribution in [2.75, 3.05) is 13.1 Å². The maximum Gasteiger partial charge on any atom is 0.317 e. The Kier molecular flexibility index (Phi) is 4.82. The number of benzene rings is 1. The van der Waals surface area contributed by atoms with Crippen molar-refractivity contribution in [1.29, 1.82) is 0 Å². The van der Waals surface area contributed by atoms with E-state index in [4.69, 9.17) is 11.6 Å². The van der Waals surface area contributed by atoms with Gasteiger partial charge in [0.1, 0.15) is 0 Å². The lowest BCUT2D eigenvalue weighted by Gasteiger charge is -2.20. The molecule has 0 spiro atoms. The van der Waals surface area contributed by atoms with Crippen molar-refractivity contribution < 1.29 is 13.2 Å².